The van der Waals surface area contributed by atoms with E-state index in [0.717, 1.165) is 31.5 Å². The van der Waals surface area contributed by atoms with Gasteiger partial charge in [0.1, 0.15) is 0 Å². The molecule has 20 heavy (non-hydrogen) atoms. The van der Waals surface area contributed by atoms with Gasteiger partial charge in [0, 0.05) is 24.4 Å². The predicted octanol–water partition coefficient (Wildman–Crippen LogP) is 1.74. The van der Waals surface area contributed by atoms with Crippen LogP contribution in [-0.4, -0.2) is 37.5 Å². The van der Waals surface area contributed by atoms with Gasteiger partial charge in [-0.3, -0.25) is 4.98 Å². The lowest BCUT2D eigenvalue weighted by molar-refractivity contribution is 0.376. The molecule has 0 aliphatic carbocycles. The maximum Gasteiger partial charge on any atom is 0.150 e. The minimum atomic E-state index is -2.83. The molecule has 5 heteroatoms. The number of pyridine rings is 1. The summed E-state index contributed by atoms with van der Waals surface area (Å²) >= 11 is 0. The van der Waals surface area contributed by atoms with Crippen LogP contribution in [0.4, 0.5) is 0 Å². The number of sulfone groups is 1. The number of nitrogens with one attached hydrogen (secondary N) is 1. The lowest BCUT2D eigenvalue weighted by atomic mass is 9.93. The van der Waals surface area contributed by atoms with Crippen LogP contribution in [0.5, 0.6) is 0 Å². The molecule has 2 heterocycles. The molecule has 112 valence electrons. The highest BCUT2D eigenvalue weighted by atomic mass is 32.2. The molecule has 1 aromatic rings. The summed E-state index contributed by atoms with van der Waals surface area (Å²) in [6.45, 7) is 5.11. The molecule has 0 radical (unpaired) electrons. The van der Waals surface area contributed by atoms with Crippen molar-refractivity contribution in [2.75, 3.05) is 18.1 Å². The van der Waals surface area contributed by atoms with Crippen molar-refractivity contribution in [2.24, 2.45) is 5.92 Å². The zero-order valence-electron chi connectivity index (χ0n) is 12.3. The van der Waals surface area contributed by atoms with E-state index in [2.05, 4.69) is 30.2 Å². The summed E-state index contributed by atoms with van der Waals surface area (Å²) < 4.78 is 23.4. The van der Waals surface area contributed by atoms with Gasteiger partial charge in [-0.25, -0.2) is 8.42 Å². The fraction of sp³-hybridized carbons (Fsp3) is 0.667. The fourth-order valence-electron chi connectivity index (χ4n) is 2.82. The molecule has 0 spiro atoms. The normalized spacial score (nSPS) is 22.8. The number of aromatic nitrogens is 1. The Kier molecular flexibility index (Phi) is 5.16. The van der Waals surface area contributed by atoms with E-state index in [1.165, 1.54) is 5.56 Å². The summed E-state index contributed by atoms with van der Waals surface area (Å²) in [5.41, 5.74) is 2.25. The Morgan fingerprint density at radius 3 is 2.90 bits per heavy atom. The molecule has 1 saturated heterocycles. The molecule has 1 aromatic heterocycles. The third kappa shape index (κ3) is 4.03. The van der Waals surface area contributed by atoms with Gasteiger partial charge in [0.15, 0.2) is 9.84 Å². The van der Waals surface area contributed by atoms with Gasteiger partial charge >= 0.3 is 0 Å². The van der Waals surface area contributed by atoms with Gasteiger partial charge in [0.2, 0.25) is 0 Å². The first-order valence-corrected chi connectivity index (χ1v) is 9.18. The minimum absolute atomic E-state index is 0.209. The van der Waals surface area contributed by atoms with Crippen molar-refractivity contribution in [1.82, 2.24) is 10.3 Å². The first kappa shape index (κ1) is 15.4. The summed E-state index contributed by atoms with van der Waals surface area (Å²) in [7, 11) is -2.83. The molecule has 0 saturated carbocycles. The van der Waals surface area contributed by atoms with Crippen molar-refractivity contribution >= 4 is 9.84 Å². The van der Waals surface area contributed by atoms with Gasteiger partial charge in [-0.05, 0) is 43.9 Å². The van der Waals surface area contributed by atoms with Gasteiger partial charge in [-0.1, -0.05) is 13.0 Å². The molecule has 1 aliphatic rings. The van der Waals surface area contributed by atoms with Crippen LogP contribution in [0.3, 0.4) is 0 Å². The van der Waals surface area contributed by atoms with Gasteiger partial charge in [-0.2, -0.15) is 0 Å². The Labute approximate surface area is 121 Å². The van der Waals surface area contributed by atoms with E-state index in [-0.39, 0.29) is 12.0 Å². The Morgan fingerprint density at radius 1 is 1.50 bits per heavy atom. The molecule has 0 aromatic carbocycles. The van der Waals surface area contributed by atoms with Crippen LogP contribution in [-0.2, 0) is 16.3 Å². The zero-order valence-corrected chi connectivity index (χ0v) is 13.1. The molecule has 4 nitrogen and oxygen atoms in total. The van der Waals surface area contributed by atoms with Crippen LogP contribution in [0.1, 0.15) is 31.0 Å². The van der Waals surface area contributed by atoms with Crippen LogP contribution in [0.15, 0.2) is 18.3 Å². The van der Waals surface area contributed by atoms with Crippen LogP contribution < -0.4 is 5.32 Å². The topological polar surface area (TPSA) is 59.1 Å². The van der Waals surface area contributed by atoms with E-state index in [1.54, 1.807) is 0 Å². The van der Waals surface area contributed by atoms with Crippen molar-refractivity contribution in [2.45, 2.75) is 39.2 Å². The summed E-state index contributed by atoms with van der Waals surface area (Å²) in [6, 6.07) is 4.21. The Bertz CT molecular complexity index is 543. The molecule has 1 aliphatic heterocycles. The first-order valence-electron chi connectivity index (χ1n) is 7.36. The van der Waals surface area contributed by atoms with Crippen molar-refractivity contribution in [3.8, 4) is 0 Å². The van der Waals surface area contributed by atoms with Gasteiger partial charge in [0.25, 0.3) is 0 Å². The fourth-order valence-corrected chi connectivity index (χ4v) is 4.70. The van der Waals surface area contributed by atoms with Gasteiger partial charge in [-0.15, -0.1) is 0 Å². The Hall–Kier alpha value is -0.940. The molecule has 2 unspecified atom stereocenters. The van der Waals surface area contributed by atoms with Crippen molar-refractivity contribution < 1.29 is 8.42 Å². The number of nitrogens with zero attached hydrogens (tertiary/aromatic N) is 1. The largest absolute Gasteiger partial charge is 0.313 e. The van der Waals surface area contributed by atoms with E-state index >= 15 is 0 Å². The number of rotatable bonds is 6. The second kappa shape index (κ2) is 6.68. The van der Waals surface area contributed by atoms with Gasteiger partial charge in [0.05, 0.1) is 11.5 Å². The molecular weight excluding hydrogens is 272 g/mol. The zero-order chi connectivity index (χ0) is 14.6. The summed E-state index contributed by atoms with van der Waals surface area (Å²) in [5, 5.41) is 3.52. The number of hydrogen-bond donors (Lipinski definition) is 1. The van der Waals surface area contributed by atoms with Gasteiger partial charge < -0.3 is 5.32 Å². The Morgan fingerprint density at radius 2 is 2.30 bits per heavy atom. The molecule has 2 atom stereocenters. The minimum Gasteiger partial charge on any atom is -0.313 e. The maximum absolute atomic E-state index is 11.7. The molecular formula is C15H24N2O2S. The standard InChI is InChI=1S/C15H24N2O2S/c1-3-7-16-15(13-6-9-20(18,19)11-13)10-14-12(2)5-4-8-17-14/h4-5,8,13,15-16H,3,6-7,9-11H2,1-2H3. The van der Waals surface area contributed by atoms with Crippen LogP contribution in [0.25, 0.3) is 0 Å². The highest BCUT2D eigenvalue weighted by molar-refractivity contribution is 7.91. The summed E-state index contributed by atoms with van der Waals surface area (Å²) in [4.78, 5) is 4.44. The molecule has 0 bridgehead atoms. The molecule has 1 N–H and O–H groups in total. The quantitative estimate of drug-likeness (QED) is 0.868. The highest BCUT2D eigenvalue weighted by Gasteiger charge is 2.33. The van der Waals surface area contributed by atoms with Crippen molar-refractivity contribution in [3.05, 3.63) is 29.6 Å². The molecule has 2 rings (SSSR count). The summed E-state index contributed by atoms with van der Waals surface area (Å²) in [6.07, 6.45) is 4.45. The Balaban J connectivity index is 2.10. The number of hydrogen-bond acceptors (Lipinski definition) is 4. The molecule has 1 fully saturated rings. The first-order chi connectivity index (χ1) is 9.52. The third-order valence-electron chi connectivity index (χ3n) is 4.02. The van der Waals surface area contributed by atoms with Crippen LogP contribution in [0.2, 0.25) is 0 Å². The van der Waals surface area contributed by atoms with Crippen molar-refractivity contribution in [3.63, 3.8) is 0 Å². The van der Waals surface area contributed by atoms with E-state index in [9.17, 15) is 8.42 Å². The monoisotopic (exact) mass is 296 g/mol. The predicted molar refractivity (Wildman–Crippen MR) is 81.5 cm³/mol. The lowest BCUT2D eigenvalue weighted by Gasteiger charge is -2.24. The number of aryl methyl sites for hydroxylation is 1. The molecule has 0 amide bonds. The summed E-state index contributed by atoms with van der Waals surface area (Å²) in [5.74, 6) is 0.872. The average molecular weight is 296 g/mol. The highest BCUT2D eigenvalue weighted by Crippen LogP contribution is 2.24. The maximum atomic E-state index is 11.7. The second-order valence-electron chi connectivity index (χ2n) is 5.69. The van der Waals surface area contributed by atoms with E-state index < -0.39 is 9.84 Å². The third-order valence-corrected chi connectivity index (χ3v) is 5.82. The van der Waals surface area contributed by atoms with E-state index in [4.69, 9.17) is 0 Å². The SMILES string of the molecule is CCCNC(Cc1ncccc1C)C1CCS(=O)(=O)C1. The van der Waals surface area contributed by atoms with Crippen LogP contribution in [0, 0.1) is 12.8 Å². The van der Waals surface area contributed by atoms with Crippen molar-refractivity contribution in [1.29, 1.82) is 0 Å². The average Bonchev–Trinajstić information content (AvgIpc) is 2.77. The van der Waals surface area contributed by atoms with Crippen LogP contribution >= 0.6 is 0 Å². The smallest absolute Gasteiger partial charge is 0.150 e. The van der Waals surface area contributed by atoms with E-state index in [1.807, 2.05) is 12.3 Å². The second-order valence-corrected chi connectivity index (χ2v) is 7.92. The van der Waals surface area contributed by atoms with E-state index in [0.29, 0.717) is 11.5 Å². The lowest BCUT2D eigenvalue weighted by Crippen LogP contribution is -2.39.